The standard InChI is InChI=1S/C39H62O6/c1-21(2)22(3)34(43)29(37(5,6)7)18-26(41)19-30(38(8,9)10)36(45)27-20-28-33(39(28,11)12)32(27)31(42)17-25(35(44)23(4)40)16-24-14-13-15-24/h21-22,24-25,27-30,32-33H,13-20H2,1-12H3. The summed E-state index contributed by atoms with van der Waals surface area (Å²) in [5.74, 6) is -2.91. The predicted molar refractivity (Wildman–Crippen MR) is 177 cm³/mol. The van der Waals surface area contributed by atoms with Gasteiger partial charge in [0.2, 0.25) is 5.78 Å². The molecule has 3 fully saturated rings. The smallest absolute Gasteiger partial charge is 0.201 e. The zero-order valence-electron chi connectivity index (χ0n) is 30.4. The van der Waals surface area contributed by atoms with Crippen molar-refractivity contribution in [3.8, 4) is 0 Å². The third-order valence-corrected chi connectivity index (χ3v) is 12.3. The SMILES string of the molecule is CC(=O)C(=O)C(CC(=O)C1C(C(=O)C(CC(=O)CC(C(=O)C(C)C(C)C)C(C)(C)C)C(C)(C)C)CC2C1C2(C)C)CC1CCC1. The average Bonchev–Trinajstić information content (AvgIpc) is 3.20. The van der Waals surface area contributed by atoms with Crippen molar-refractivity contribution < 1.29 is 28.8 Å². The largest absolute Gasteiger partial charge is 0.300 e. The molecule has 45 heavy (non-hydrogen) atoms. The normalized spacial score (nSPS) is 27.1. The topological polar surface area (TPSA) is 102 Å². The first-order valence-corrected chi connectivity index (χ1v) is 17.7. The number of hydrogen-bond acceptors (Lipinski definition) is 6. The number of ketones is 6. The molecule has 0 aromatic heterocycles. The van der Waals surface area contributed by atoms with E-state index in [9.17, 15) is 28.8 Å². The van der Waals surface area contributed by atoms with Gasteiger partial charge in [-0.1, -0.05) is 95.4 Å². The van der Waals surface area contributed by atoms with E-state index in [2.05, 4.69) is 13.8 Å². The van der Waals surface area contributed by atoms with E-state index >= 15 is 0 Å². The molecule has 3 aliphatic carbocycles. The first-order valence-electron chi connectivity index (χ1n) is 17.7. The van der Waals surface area contributed by atoms with Gasteiger partial charge < -0.3 is 0 Å². The maximum Gasteiger partial charge on any atom is 0.201 e. The molecule has 0 aromatic rings. The first kappa shape index (κ1) is 37.5. The molecule has 6 nitrogen and oxygen atoms in total. The minimum atomic E-state index is -0.614. The zero-order chi connectivity index (χ0) is 34.4. The highest BCUT2D eigenvalue weighted by Crippen LogP contribution is 2.71. The van der Waals surface area contributed by atoms with Crippen LogP contribution in [-0.2, 0) is 28.8 Å². The maximum absolute atomic E-state index is 14.5. The Labute approximate surface area is 273 Å². The van der Waals surface area contributed by atoms with Crippen LogP contribution in [0.1, 0.15) is 134 Å². The van der Waals surface area contributed by atoms with Crippen LogP contribution in [0.3, 0.4) is 0 Å². The van der Waals surface area contributed by atoms with Crippen LogP contribution in [0.5, 0.6) is 0 Å². The van der Waals surface area contributed by atoms with Crippen LogP contribution in [-0.4, -0.2) is 34.7 Å². The average molecular weight is 627 g/mol. The Morgan fingerprint density at radius 1 is 0.800 bits per heavy atom. The first-order chi connectivity index (χ1) is 20.5. The van der Waals surface area contributed by atoms with E-state index in [0.29, 0.717) is 18.8 Å². The van der Waals surface area contributed by atoms with Gasteiger partial charge in [-0.2, -0.15) is 0 Å². The van der Waals surface area contributed by atoms with Crippen molar-refractivity contribution in [1.29, 1.82) is 0 Å². The second-order valence-corrected chi connectivity index (χ2v) is 18.3. The molecule has 3 saturated carbocycles. The Morgan fingerprint density at radius 3 is 1.78 bits per heavy atom. The summed E-state index contributed by atoms with van der Waals surface area (Å²) in [6.45, 7) is 23.5. The maximum atomic E-state index is 14.5. The van der Waals surface area contributed by atoms with Crippen LogP contribution in [0, 0.1) is 75.4 Å². The highest BCUT2D eigenvalue weighted by molar-refractivity contribution is 6.37. The van der Waals surface area contributed by atoms with Crippen molar-refractivity contribution in [3.05, 3.63) is 0 Å². The predicted octanol–water partition coefficient (Wildman–Crippen LogP) is 7.92. The summed E-state index contributed by atoms with van der Waals surface area (Å²) in [5, 5.41) is 0. The Kier molecular flexibility index (Phi) is 11.4. The Balaban J connectivity index is 1.84. The fourth-order valence-electron chi connectivity index (χ4n) is 8.53. The van der Waals surface area contributed by atoms with Crippen LogP contribution < -0.4 is 0 Å². The van der Waals surface area contributed by atoms with Crippen LogP contribution in [0.4, 0.5) is 0 Å². The fraction of sp³-hybridized carbons (Fsp3) is 0.846. The fourth-order valence-corrected chi connectivity index (χ4v) is 8.53. The molecular formula is C39H62O6. The third-order valence-electron chi connectivity index (χ3n) is 12.3. The summed E-state index contributed by atoms with van der Waals surface area (Å²) in [7, 11) is 0. The number of hydrogen-bond donors (Lipinski definition) is 0. The molecule has 0 amide bonds. The van der Waals surface area contributed by atoms with E-state index in [1.807, 2.05) is 62.3 Å². The van der Waals surface area contributed by atoms with Gasteiger partial charge in [-0.15, -0.1) is 0 Å². The molecule has 0 saturated heterocycles. The van der Waals surface area contributed by atoms with Crippen molar-refractivity contribution in [2.45, 2.75) is 134 Å². The Bertz CT molecular complexity index is 1170. The van der Waals surface area contributed by atoms with Crippen LogP contribution in [0.15, 0.2) is 0 Å². The van der Waals surface area contributed by atoms with Crippen molar-refractivity contribution >= 4 is 34.7 Å². The van der Waals surface area contributed by atoms with E-state index in [1.54, 1.807) is 0 Å². The van der Waals surface area contributed by atoms with Gasteiger partial charge in [0, 0.05) is 61.7 Å². The van der Waals surface area contributed by atoms with Crippen LogP contribution in [0.25, 0.3) is 0 Å². The summed E-state index contributed by atoms with van der Waals surface area (Å²) < 4.78 is 0. The number of carbonyl (C=O) groups excluding carboxylic acids is 6. The van der Waals surface area contributed by atoms with Crippen LogP contribution >= 0.6 is 0 Å². The second kappa shape index (κ2) is 13.6. The lowest BCUT2D eigenvalue weighted by molar-refractivity contribution is -0.142. The molecule has 8 atom stereocenters. The lowest BCUT2D eigenvalue weighted by Gasteiger charge is -2.36. The van der Waals surface area contributed by atoms with E-state index in [4.69, 9.17) is 0 Å². The van der Waals surface area contributed by atoms with Crippen molar-refractivity contribution in [2.24, 2.45) is 75.4 Å². The van der Waals surface area contributed by atoms with E-state index in [1.165, 1.54) is 6.92 Å². The molecule has 0 aliphatic heterocycles. The summed E-state index contributed by atoms with van der Waals surface area (Å²) in [6, 6.07) is 0. The molecule has 0 bridgehead atoms. The highest BCUT2D eigenvalue weighted by Gasteiger charge is 2.69. The second-order valence-electron chi connectivity index (χ2n) is 18.3. The zero-order valence-corrected chi connectivity index (χ0v) is 30.4. The van der Waals surface area contributed by atoms with Crippen LogP contribution in [0.2, 0.25) is 0 Å². The van der Waals surface area contributed by atoms with Gasteiger partial charge in [0.15, 0.2) is 5.78 Å². The van der Waals surface area contributed by atoms with Gasteiger partial charge in [-0.3, -0.25) is 28.8 Å². The van der Waals surface area contributed by atoms with E-state index < -0.39 is 46.6 Å². The molecule has 0 radical (unpaired) electrons. The minimum absolute atomic E-state index is 0.0190. The molecule has 3 rings (SSSR count). The molecule has 0 aromatic carbocycles. The lowest BCUT2D eigenvalue weighted by atomic mass is 9.66. The monoisotopic (exact) mass is 626 g/mol. The van der Waals surface area contributed by atoms with E-state index in [0.717, 1.165) is 19.3 Å². The van der Waals surface area contributed by atoms with Gasteiger partial charge in [-0.25, -0.2) is 0 Å². The quantitative estimate of drug-likeness (QED) is 0.161. The summed E-state index contributed by atoms with van der Waals surface area (Å²) in [5.41, 5.74) is -0.946. The Hall–Kier alpha value is -1.98. The summed E-state index contributed by atoms with van der Waals surface area (Å²) in [6.07, 6.45) is 4.54. The molecule has 8 unspecified atom stereocenters. The molecular weight excluding hydrogens is 564 g/mol. The molecule has 0 heterocycles. The summed E-state index contributed by atoms with van der Waals surface area (Å²) >= 11 is 0. The molecule has 6 heteroatoms. The molecule has 0 spiro atoms. The van der Waals surface area contributed by atoms with Gasteiger partial charge in [-0.05, 0) is 52.8 Å². The van der Waals surface area contributed by atoms with Crippen molar-refractivity contribution in [3.63, 3.8) is 0 Å². The number of fused-ring (bicyclic) bond motifs is 1. The Morgan fingerprint density at radius 2 is 1.33 bits per heavy atom. The van der Waals surface area contributed by atoms with E-state index in [-0.39, 0.29) is 76.9 Å². The van der Waals surface area contributed by atoms with Crippen molar-refractivity contribution in [2.75, 3.05) is 0 Å². The third kappa shape index (κ3) is 8.30. The van der Waals surface area contributed by atoms with Gasteiger partial charge in [0.25, 0.3) is 0 Å². The number of carbonyl (C=O) groups is 6. The molecule has 0 N–H and O–H groups in total. The number of rotatable bonds is 16. The van der Waals surface area contributed by atoms with Gasteiger partial charge in [0.05, 0.1) is 0 Å². The summed E-state index contributed by atoms with van der Waals surface area (Å²) in [4.78, 5) is 80.9. The lowest BCUT2D eigenvalue weighted by Crippen LogP contribution is -2.41. The van der Waals surface area contributed by atoms with Gasteiger partial charge in [0.1, 0.15) is 23.1 Å². The number of Topliss-reactive ketones (excluding diaryl/α,β-unsaturated/α-hetero) is 6. The van der Waals surface area contributed by atoms with Crippen molar-refractivity contribution in [1.82, 2.24) is 0 Å². The molecule has 3 aliphatic rings. The minimum Gasteiger partial charge on any atom is -0.300 e. The molecule has 254 valence electrons. The van der Waals surface area contributed by atoms with Gasteiger partial charge >= 0.3 is 0 Å². The highest BCUT2D eigenvalue weighted by atomic mass is 16.2.